The maximum Gasteiger partial charge on any atom is 0.304 e. The first-order chi connectivity index (χ1) is 14.9. The van der Waals surface area contributed by atoms with Crippen LogP contribution < -0.4 is 10.6 Å². The van der Waals surface area contributed by atoms with Gasteiger partial charge >= 0.3 is 11.9 Å². The van der Waals surface area contributed by atoms with E-state index >= 15 is 0 Å². The highest BCUT2D eigenvalue weighted by molar-refractivity contribution is 5.83. The van der Waals surface area contributed by atoms with Crippen molar-refractivity contribution >= 4 is 23.8 Å². The molecule has 2 amide bonds. The number of carbonyl (C=O) groups is 4. The topological polar surface area (TPSA) is 160 Å². The lowest BCUT2D eigenvalue weighted by Gasteiger charge is -2.20. The van der Waals surface area contributed by atoms with Crippen LogP contribution >= 0.6 is 0 Å². The molecular weight excluding hydrogens is 424 g/mol. The summed E-state index contributed by atoms with van der Waals surface area (Å²) in [6.07, 6.45) is -0.650. The molecular formula is C21H38N2O9. The second kappa shape index (κ2) is 16.4. The first-order valence-corrected chi connectivity index (χ1v) is 10.7. The summed E-state index contributed by atoms with van der Waals surface area (Å²) in [7, 11) is 0. The van der Waals surface area contributed by atoms with Crippen molar-refractivity contribution in [3.05, 3.63) is 0 Å². The SMILES string of the molecule is CC(COCCOCC(C)OCC(C)NC(=O)C(C)CC(=O)O)NC(=O)C(C)CC(=O)O. The maximum absolute atomic E-state index is 11.9. The van der Waals surface area contributed by atoms with E-state index in [2.05, 4.69) is 10.6 Å². The molecule has 0 spiro atoms. The molecule has 0 aromatic rings. The lowest BCUT2D eigenvalue weighted by molar-refractivity contribution is -0.141. The van der Waals surface area contributed by atoms with Gasteiger partial charge in [0.1, 0.15) is 0 Å². The molecule has 0 aliphatic carbocycles. The molecule has 0 radical (unpaired) electrons. The quantitative estimate of drug-likeness (QED) is 0.214. The van der Waals surface area contributed by atoms with Crippen molar-refractivity contribution in [2.75, 3.05) is 33.0 Å². The van der Waals surface area contributed by atoms with Gasteiger partial charge in [0.2, 0.25) is 11.8 Å². The van der Waals surface area contributed by atoms with E-state index in [1.165, 1.54) is 0 Å². The van der Waals surface area contributed by atoms with Crippen LogP contribution in [-0.4, -0.2) is 85.2 Å². The van der Waals surface area contributed by atoms with Gasteiger partial charge in [-0.3, -0.25) is 19.2 Å². The zero-order valence-electron chi connectivity index (χ0n) is 19.6. The monoisotopic (exact) mass is 462 g/mol. The predicted octanol–water partition coefficient (Wildman–Crippen LogP) is 0.656. The Morgan fingerprint density at radius 3 is 1.53 bits per heavy atom. The number of amides is 2. The normalized spacial score (nSPS) is 15.8. The first-order valence-electron chi connectivity index (χ1n) is 10.7. The molecule has 0 heterocycles. The minimum Gasteiger partial charge on any atom is -0.481 e. The molecule has 0 fully saturated rings. The Morgan fingerprint density at radius 2 is 1.09 bits per heavy atom. The fourth-order valence-corrected chi connectivity index (χ4v) is 2.55. The first kappa shape index (κ1) is 29.8. The maximum atomic E-state index is 11.9. The van der Waals surface area contributed by atoms with Gasteiger partial charge in [0.25, 0.3) is 0 Å². The number of ether oxygens (including phenoxy) is 3. The van der Waals surface area contributed by atoms with Gasteiger partial charge in [-0.15, -0.1) is 0 Å². The summed E-state index contributed by atoms with van der Waals surface area (Å²) in [6, 6.07) is -0.518. The van der Waals surface area contributed by atoms with Gasteiger partial charge < -0.3 is 35.1 Å². The number of aliphatic carboxylic acids is 2. The molecule has 5 unspecified atom stereocenters. The van der Waals surface area contributed by atoms with Gasteiger partial charge in [0.15, 0.2) is 0 Å². The largest absolute Gasteiger partial charge is 0.481 e. The van der Waals surface area contributed by atoms with Crippen LogP contribution in [0, 0.1) is 11.8 Å². The van der Waals surface area contributed by atoms with Crippen molar-refractivity contribution in [3.63, 3.8) is 0 Å². The molecule has 5 atom stereocenters. The van der Waals surface area contributed by atoms with Crippen molar-refractivity contribution in [1.82, 2.24) is 10.6 Å². The molecule has 0 bridgehead atoms. The lowest BCUT2D eigenvalue weighted by atomic mass is 10.1. The Kier molecular flexibility index (Phi) is 15.3. The summed E-state index contributed by atoms with van der Waals surface area (Å²) in [6.45, 7) is 10.0. The van der Waals surface area contributed by atoms with E-state index in [0.717, 1.165) is 0 Å². The summed E-state index contributed by atoms with van der Waals surface area (Å²) in [4.78, 5) is 45.0. The number of carboxylic acids is 2. The van der Waals surface area contributed by atoms with Crippen LogP contribution in [0.5, 0.6) is 0 Å². The third-order valence-electron chi connectivity index (χ3n) is 4.36. The Bertz CT molecular complexity index is 600. The summed E-state index contributed by atoms with van der Waals surface area (Å²) < 4.78 is 16.5. The van der Waals surface area contributed by atoms with Crippen LogP contribution in [0.25, 0.3) is 0 Å². The van der Waals surface area contributed by atoms with Gasteiger partial charge in [-0.05, 0) is 20.8 Å². The van der Waals surface area contributed by atoms with Gasteiger partial charge in [-0.25, -0.2) is 0 Å². The van der Waals surface area contributed by atoms with Crippen molar-refractivity contribution in [3.8, 4) is 0 Å². The van der Waals surface area contributed by atoms with Crippen molar-refractivity contribution in [2.45, 2.75) is 65.6 Å². The molecule has 0 aliphatic rings. The Hall–Kier alpha value is -2.24. The van der Waals surface area contributed by atoms with E-state index in [0.29, 0.717) is 19.8 Å². The third kappa shape index (κ3) is 15.5. The zero-order chi connectivity index (χ0) is 24.7. The van der Waals surface area contributed by atoms with Gasteiger partial charge in [-0.1, -0.05) is 13.8 Å². The van der Waals surface area contributed by atoms with Crippen LogP contribution in [-0.2, 0) is 33.4 Å². The van der Waals surface area contributed by atoms with E-state index < -0.39 is 23.8 Å². The van der Waals surface area contributed by atoms with Crippen LogP contribution in [0.3, 0.4) is 0 Å². The molecule has 0 aliphatic heterocycles. The average Bonchev–Trinajstić information content (AvgIpc) is 2.67. The number of hydrogen-bond acceptors (Lipinski definition) is 7. The molecule has 4 N–H and O–H groups in total. The van der Waals surface area contributed by atoms with E-state index in [9.17, 15) is 19.2 Å². The molecule has 0 rings (SSSR count). The number of hydrogen-bond donors (Lipinski definition) is 4. The highest BCUT2D eigenvalue weighted by Crippen LogP contribution is 2.04. The van der Waals surface area contributed by atoms with Crippen LogP contribution in [0.4, 0.5) is 0 Å². The molecule has 32 heavy (non-hydrogen) atoms. The molecule has 0 saturated carbocycles. The van der Waals surface area contributed by atoms with E-state index in [1.807, 2.05) is 6.92 Å². The lowest BCUT2D eigenvalue weighted by Crippen LogP contribution is -2.40. The summed E-state index contributed by atoms with van der Waals surface area (Å²) >= 11 is 0. The van der Waals surface area contributed by atoms with E-state index in [1.54, 1.807) is 27.7 Å². The molecule has 11 heteroatoms. The van der Waals surface area contributed by atoms with Crippen LogP contribution in [0.1, 0.15) is 47.5 Å². The minimum atomic E-state index is -1.02. The smallest absolute Gasteiger partial charge is 0.304 e. The highest BCUT2D eigenvalue weighted by Gasteiger charge is 2.19. The molecule has 0 aromatic heterocycles. The summed E-state index contributed by atoms with van der Waals surface area (Å²) in [5.41, 5.74) is 0. The number of carboxylic acid groups (broad SMARTS) is 2. The Balaban J connectivity index is 3.83. The van der Waals surface area contributed by atoms with Crippen molar-refractivity contribution < 1.29 is 43.6 Å². The standard InChI is InChI=1S/C21H38N2O9/c1-13(8-18(24)25)20(28)22-15(3)10-30-6-7-31-12-17(5)32-11-16(4)23-21(29)14(2)9-19(26)27/h13-17H,6-12H2,1-5H3,(H,22,28)(H,23,29)(H,24,25)(H,26,27). The minimum absolute atomic E-state index is 0.209. The molecule has 0 saturated heterocycles. The van der Waals surface area contributed by atoms with Crippen LogP contribution in [0.15, 0.2) is 0 Å². The number of rotatable bonds is 18. The van der Waals surface area contributed by atoms with E-state index in [-0.39, 0.29) is 56.1 Å². The third-order valence-corrected chi connectivity index (χ3v) is 4.36. The molecule has 0 aromatic carbocycles. The van der Waals surface area contributed by atoms with Crippen molar-refractivity contribution in [1.29, 1.82) is 0 Å². The number of nitrogens with one attached hydrogen (secondary N) is 2. The van der Waals surface area contributed by atoms with Crippen LogP contribution in [0.2, 0.25) is 0 Å². The molecule has 186 valence electrons. The highest BCUT2D eigenvalue weighted by atomic mass is 16.5. The second-order valence-corrected chi connectivity index (χ2v) is 8.11. The van der Waals surface area contributed by atoms with E-state index in [4.69, 9.17) is 24.4 Å². The summed E-state index contributed by atoms with van der Waals surface area (Å²) in [5.74, 6) is -3.91. The zero-order valence-corrected chi connectivity index (χ0v) is 19.6. The van der Waals surface area contributed by atoms with Gasteiger partial charge in [-0.2, -0.15) is 0 Å². The average molecular weight is 463 g/mol. The predicted molar refractivity (Wildman–Crippen MR) is 115 cm³/mol. The van der Waals surface area contributed by atoms with Gasteiger partial charge in [0.05, 0.1) is 52.0 Å². The Morgan fingerprint density at radius 1 is 0.688 bits per heavy atom. The summed E-state index contributed by atoms with van der Waals surface area (Å²) in [5, 5.41) is 22.9. The molecule has 11 nitrogen and oxygen atoms in total. The fraction of sp³-hybridized carbons (Fsp3) is 0.810. The number of carbonyl (C=O) groups excluding carboxylic acids is 2. The van der Waals surface area contributed by atoms with Gasteiger partial charge in [0, 0.05) is 23.9 Å². The second-order valence-electron chi connectivity index (χ2n) is 8.11. The Labute approximate surface area is 189 Å². The van der Waals surface area contributed by atoms with Crippen molar-refractivity contribution in [2.24, 2.45) is 11.8 Å². The fourth-order valence-electron chi connectivity index (χ4n) is 2.55.